The molecule has 0 aromatic carbocycles. The van der Waals surface area contributed by atoms with Crippen molar-refractivity contribution < 1.29 is 14.3 Å². The largest absolute Gasteiger partial charge is 0.452 e. The van der Waals surface area contributed by atoms with E-state index in [1.54, 1.807) is 4.90 Å². The van der Waals surface area contributed by atoms with Gasteiger partial charge in [-0.2, -0.15) is 5.26 Å². The molecule has 1 aromatic rings. The Hall–Kier alpha value is -2.46. The van der Waals surface area contributed by atoms with Crippen molar-refractivity contribution >= 4 is 11.8 Å². The van der Waals surface area contributed by atoms with Crippen molar-refractivity contribution in [3.05, 3.63) is 29.4 Å². The number of aromatic amines is 1. The van der Waals surface area contributed by atoms with E-state index in [1.165, 1.54) is 6.20 Å². The molecule has 7 nitrogen and oxygen atoms in total. The predicted molar refractivity (Wildman–Crippen MR) is 87.2 cm³/mol. The summed E-state index contributed by atoms with van der Waals surface area (Å²) < 4.78 is 5.54. The fourth-order valence-electron chi connectivity index (χ4n) is 2.66. The number of ketones is 1. The number of Topliss-reactive ketones (excluding diaryl/α,β-unsaturated/α-hetero) is 1. The first-order chi connectivity index (χ1) is 11.2. The summed E-state index contributed by atoms with van der Waals surface area (Å²) >= 11 is 0. The number of nitrogens with one attached hydrogen (secondary N) is 1. The van der Waals surface area contributed by atoms with Gasteiger partial charge in [0, 0.05) is 5.57 Å². The van der Waals surface area contributed by atoms with E-state index >= 15 is 0 Å². The van der Waals surface area contributed by atoms with Crippen molar-refractivity contribution in [1.82, 2.24) is 14.9 Å². The molecule has 0 bridgehead atoms. The Morgan fingerprint density at radius 1 is 1.50 bits per heavy atom. The molecule has 0 saturated carbocycles. The molecule has 0 aliphatic heterocycles. The average Bonchev–Trinajstić information content (AvgIpc) is 2.94. The van der Waals surface area contributed by atoms with E-state index in [0.29, 0.717) is 12.0 Å². The van der Waals surface area contributed by atoms with Gasteiger partial charge in [-0.15, -0.1) is 0 Å². The summed E-state index contributed by atoms with van der Waals surface area (Å²) in [5, 5.41) is 8.79. The molecule has 1 aliphatic carbocycles. The fourth-order valence-corrected chi connectivity index (χ4v) is 2.66. The maximum atomic E-state index is 12.4. The maximum Gasteiger partial charge on any atom is 0.374 e. The van der Waals surface area contributed by atoms with Crippen LogP contribution in [-0.4, -0.2) is 53.4 Å². The topological polar surface area (TPSA) is 99.1 Å². The van der Waals surface area contributed by atoms with Gasteiger partial charge in [0.15, 0.2) is 5.78 Å². The van der Waals surface area contributed by atoms with Gasteiger partial charge < -0.3 is 14.6 Å². The normalized spacial score (nSPS) is 19.5. The lowest BCUT2D eigenvalue weighted by Gasteiger charge is -2.34. The molecule has 1 atom stereocenters. The third-order valence-electron chi connectivity index (χ3n) is 3.88. The minimum absolute atomic E-state index is 0.0330. The number of hydrogen-bond acceptors (Lipinski definition) is 6. The van der Waals surface area contributed by atoms with Crippen LogP contribution in [-0.2, 0) is 9.53 Å². The second-order valence-electron chi connectivity index (χ2n) is 7.04. The molecular formula is C17H22N4O3. The molecule has 1 N–H and O–H groups in total. The number of esters is 1. The van der Waals surface area contributed by atoms with Crippen molar-refractivity contribution in [1.29, 1.82) is 5.26 Å². The lowest BCUT2D eigenvalue weighted by Crippen LogP contribution is -2.36. The van der Waals surface area contributed by atoms with Gasteiger partial charge in [-0.25, -0.2) is 9.78 Å². The fraction of sp³-hybridized carbons (Fsp3) is 0.529. The molecule has 0 saturated heterocycles. The minimum Gasteiger partial charge on any atom is -0.452 e. The van der Waals surface area contributed by atoms with Gasteiger partial charge >= 0.3 is 5.97 Å². The van der Waals surface area contributed by atoms with Crippen LogP contribution in [0.25, 0.3) is 0 Å². The van der Waals surface area contributed by atoms with Gasteiger partial charge in [0.1, 0.15) is 17.9 Å². The van der Waals surface area contributed by atoms with Crippen LogP contribution in [0.5, 0.6) is 0 Å². The predicted octanol–water partition coefficient (Wildman–Crippen LogP) is 1.68. The van der Waals surface area contributed by atoms with Crippen molar-refractivity contribution in [2.24, 2.45) is 5.41 Å². The van der Waals surface area contributed by atoms with Crippen molar-refractivity contribution in [2.45, 2.75) is 32.8 Å². The highest BCUT2D eigenvalue weighted by Gasteiger charge is 2.35. The van der Waals surface area contributed by atoms with E-state index in [0.717, 1.165) is 6.42 Å². The van der Waals surface area contributed by atoms with Gasteiger partial charge in [0.05, 0.1) is 12.7 Å². The molecule has 2 rings (SSSR count). The maximum absolute atomic E-state index is 12.4. The molecule has 128 valence electrons. The molecular weight excluding hydrogens is 308 g/mol. The van der Waals surface area contributed by atoms with E-state index in [9.17, 15) is 9.59 Å². The number of H-pyrrole nitrogens is 1. The van der Waals surface area contributed by atoms with Crippen LogP contribution in [0, 0.1) is 16.7 Å². The molecule has 7 heteroatoms. The number of allylic oxidation sites excluding steroid dienone is 1. The Balaban J connectivity index is 2.18. The monoisotopic (exact) mass is 330 g/mol. The number of hydrogen-bond donors (Lipinski definition) is 1. The third kappa shape index (κ3) is 4.30. The Labute approximate surface area is 141 Å². The molecule has 24 heavy (non-hydrogen) atoms. The van der Waals surface area contributed by atoms with Gasteiger partial charge in [-0.05, 0) is 32.4 Å². The first-order valence-corrected chi connectivity index (χ1v) is 7.76. The van der Waals surface area contributed by atoms with Crippen LogP contribution in [0.1, 0.15) is 43.0 Å². The summed E-state index contributed by atoms with van der Waals surface area (Å²) in [5.41, 5.74) is 0.655. The first-order valence-electron chi connectivity index (χ1n) is 7.76. The Morgan fingerprint density at radius 2 is 2.21 bits per heavy atom. The lowest BCUT2D eigenvalue weighted by atomic mass is 9.76. The van der Waals surface area contributed by atoms with Crippen LogP contribution >= 0.6 is 0 Å². The molecule has 0 spiro atoms. The smallest absolute Gasteiger partial charge is 0.374 e. The van der Waals surface area contributed by atoms with Crippen molar-refractivity contribution in [3.63, 3.8) is 0 Å². The number of likely N-dealkylation sites (N-methyl/N-ethyl adjacent to an activating group) is 1. The Kier molecular flexibility index (Phi) is 5.20. The van der Waals surface area contributed by atoms with Gasteiger partial charge in [-0.3, -0.25) is 4.79 Å². The standard InChI is InChI=1S/C17H22N4O3/c1-17(2)6-5-12(13(22)10-21(3)4)14(7-17)24-16(23)15-19-9-11(8-18)20-15/h5,9,14H,6-7,10H2,1-4H3,(H,19,20). The second kappa shape index (κ2) is 6.97. The Morgan fingerprint density at radius 3 is 2.79 bits per heavy atom. The second-order valence-corrected chi connectivity index (χ2v) is 7.04. The summed E-state index contributed by atoms with van der Waals surface area (Å²) in [6.07, 6.45) is 3.86. The van der Waals surface area contributed by atoms with Crippen LogP contribution < -0.4 is 0 Å². The van der Waals surface area contributed by atoms with E-state index in [-0.39, 0.29) is 29.3 Å². The zero-order valence-electron chi connectivity index (χ0n) is 14.4. The summed E-state index contributed by atoms with van der Waals surface area (Å²) in [6.45, 7) is 4.40. The van der Waals surface area contributed by atoms with Crippen LogP contribution in [0.15, 0.2) is 17.8 Å². The zero-order valence-corrected chi connectivity index (χ0v) is 14.4. The van der Waals surface area contributed by atoms with Gasteiger partial charge in [-0.1, -0.05) is 19.9 Å². The van der Waals surface area contributed by atoms with E-state index in [4.69, 9.17) is 10.00 Å². The molecule has 1 unspecified atom stereocenters. The zero-order chi connectivity index (χ0) is 17.9. The number of rotatable bonds is 5. The van der Waals surface area contributed by atoms with Crippen LogP contribution in [0.4, 0.5) is 0 Å². The quantitative estimate of drug-likeness (QED) is 0.825. The van der Waals surface area contributed by atoms with Crippen LogP contribution in [0.3, 0.4) is 0 Å². The van der Waals surface area contributed by atoms with Crippen molar-refractivity contribution in [3.8, 4) is 6.07 Å². The molecule has 1 aliphatic rings. The number of aromatic nitrogens is 2. The van der Waals surface area contributed by atoms with Crippen LogP contribution in [0.2, 0.25) is 0 Å². The summed E-state index contributed by atoms with van der Waals surface area (Å²) in [7, 11) is 3.64. The van der Waals surface area contributed by atoms with E-state index < -0.39 is 12.1 Å². The van der Waals surface area contributed by atoms with Crippen molar-refractivity contribution in [2.75, 3.05) is 20.6 Å². The lowest BCUT2D eigenvalue weighted by molar-refractivity contribution is -0.117. The highest BCUT2D eigenvalue weighted by atomic mass is 16.5. The molecule has 1 aromatic heterocycles. The third-order valence-corrected chi connectivity index (χ3v) is 3.88. The molecule has 0 fully saturated rings. The minimum atomic E-state index is -0.664. The molecule has 0 radical (unpaired) electrons. The number of carbonyl (C=O) groups excluding carboxylic acids is 2. The number of carbonyl (C=O) groups is 2. The SMILES string of the molecule is CN(C)CC(=O)C1=CCC(C)(C)CC1OC(=O)c1ncc(C#N)[nH]1. The number of nitrogens with zero attached hydrogens (tertiary/aromatic N) is 3. The summed E-state index contributed by atoms with van der Waals surface area (Å²) in [6, 6.07) is 1.87. The van der Waals surface area contributed by atoms with Gasteiger partial charge in [0.2, 0.25) is 5.82 Å². The Bertz CT molecular complexity index is 710. The highest BCUT2D eigenvalue weighted by molar-refractivity contribution is 5.98. The van der Waals surface area contributed by atoms with E-state index in [1.807, 2.05) is 26.2 Å². The number of ether oxygens (including phenoxy) is 1. The molecule has 1 heterocycles. The summed E-state index contributed by atoms with van der Waals surface area (Å²) in [5.74, 6) is -0.748. The number of imidazole rings is 1. The highest BCUT2D eigenvalue weighted by Crippen LogP contribution is 2.36. The van der Waals surface area contributed by atoms with Gasteiger partial charge in [0.25, 0.3) is 0 Å². The average molecular weight is 330 g/mol. The number of nitriles is 1. The first kappa shape index (κ1) is 17.9. The molecule has 0 amide bonds. The van der Waals surface area contributed by atoms with E-state index in [2.05, 4.69) is 23.8 Å². The summed E-state index contributed by atoms with van der Waals surface area (Å²) in [4.78, 5) is 32.9.